The molecule has 5 heteroatoms. The molecule has 1 rings (SSSR count). The highest BCUT2D eigenvalue weighted by atomic mass is 35.5. The number of pyridine rings is 1. The van der Waals surface area contributed by atoms with Crippen LogP contribution in [0.5, 0.6) is 0 Å². The molecule has 0 aliphatic carbocycles. The number of aliphatic hydroxyl groups is 1. The molecule has 0 unspecified atom stereocenters. The zero-order valence-corrected chi connectivity index (χ0v) is 11.6. The summed E-state index contributed by atoms with van der Waals surface area (Å²) in [6.07, 6.45) is 4.76. The van der Waals surface area contributed by atoms with Gasteiger partial charge in [0.1, 0.15) is 5.15 Å². The van der Waals surface area contributed by atoms with Crippen LogP contribution in [0.3, 0.4) is 0 Å². The highest BCUT2D eigenvalue weighted by Gasteiger charge is 2.10. The second-order valence-corrected chi connectivity index (χ2v) is 5.11. The van der Waals surface area contributed by atoms with Crippen molar-refractivity contribution in [3.8, 4) is 0 Å². The molecule has 0 saturated carbocycles. The van der Waals surface area contributed by atoms with Crippen molar-refractivity contribution >= 4 is 23.4 Å². The number of halogens is 1. The van der Waals surface area contributed by atoms with Gasteiger partial charge in [0.25, 0.3) is 0 Å². The van der Waals surface area contributed by atoms with E-state index in [1.165, 1.54) is 6.20 Å². The molecule has 0 aliphatic heterocycles. The van der Waals surface area contributed by atoms with Gasteiger partial charge < -0.3 is 10.8 Å². The SMILES string of the molecule is Cc1cc(Cl)ncc1/C(C=NCC(C)(C)O)=C/N. The molecule has 0 radical (unpaired) electrons. The first kappa shape index (κ1) is 14.7. The molecule has 0 fully saturated rings. The summed E-state index contributed by atoms with van der Waals surface area (Å²) >= 11 is 5.80. The molecule has 4 nitrogen and oxygen atoms in total. The number of hydrogen-bond donors (Lipinski definition) is 2. The third-order valence-corrected chi connectivity index (χ3v) is 2.48. The lowest BCUT2D eigenvalue weighted by Gasteiger charge is -2.13. The highest BCUT2D eigenvalue weighted by molar-refractivity contribution is 6.29. The first-order chi connectivity index (χ1) is 8.33. The van der Waals surface area contributed by atoms with E-state index in [4.69, 9.17) is 17.3 Å². The fourth-order valence-electron chi connectivity index (χ4n) is 1.39. The second-order valence-electron chi connectivity index (χ2n) is 4.73. The van der Waals surface area contributed by atoms with Crippen LogP contribution >= 0.6 is 11.6 Å². The van der Waals surface area contributed by atoms with Gasteiger partial charge in [-0.25, -0.2) is 4.98 Å². The summed E-state index contributed by atoms with van der Waals surface area (Å²) in [6.45, 7) is 5.64. The molecular weight excluding hydrogens is 250 g/mol. The number of nitrogens with two attached hydrogens (primary N) is 1. The molecule has 0 bridgehead atoms. The standard InChI is InChI=1S/C13H18ClN3O/c1-9-4-12(14)17-7-11(9)10(5-15)6-16-8-13(2,3)18/h4-7,18H,8,15H2,1-3H3/b10-5+,16-6?. The van der Waals surface area contributed by atoms with Crippen molar-refractivity contribution in [1.82, 2.24) is 4.98 Å². The minimum atomic E-state index is -0.830. The molecule has 0 amide bonds. The Balaban J connectivity index is 2.91. The van der Waals surface area contributed by atoms with Gasteiger partial charge >= 0.3 is 0 Å². The molecule has 1 aromatic rings. The average molecular weight is 268 g/mol. The molecule has 1 aromatic heterocycles. The largest absolute Gasteiger partial charge is 0.404 e. The topological polar surface area (TPSA) is 71.5 Å². The van der Waals surface area contributed by atoms with E-state index < -0.39 is 5.60 Å². The second kappa shape index (κ2) is 5.98. The van der Waals surface area contributed by atoms with E-state index in [2.05, 4.69) is 9.98 Å². The van der Waals surface area contributed by atoms with Crippen molar-refractivity contribution in [1.29, 1.82) is 0 Å². The van der Waals surface area contributed by atoms with Crippen LogP contribution < -0.4 is 5.73 Å². The summed E-state index contributed by atoms with van der Waals surface area (Å²) in [5, 5.41) is 10.0. The van der Waals surface area contributed by atoms with Gasteiger partial charge in [-0.05, 0) is 32.4 Å². The van der Waals surface area contributed by atoms with Crippen molar-refractivity contribution in [3.63, 3.8) is 0 Å². The van der Waals surface area contributed by atoms with Crippen LogP contribution in [0.2, 0.25) is 5.15 Å². The van der Waals surface area contributed by atoms with Crippen LogP contribution in [0.15, 0.2) is 23.5 Å². The minimum Gasteiger partial charge on any atom is -0.404 e. The molecular formula is C13H18ClN3O. The number of aliphatic imine (C=N–C) groups is 1. The van der Waals surface area contributed by atoms with Gasteiger partial charge in [0.15, 0.2) is 0 Å². The van der Waals surface area contributed by atoms with Gasteiger partial charge in [-0.3, -0.25) is 4.99 Å². The van der Waals surface area contributed by atoms with Gasteiger partial charge in [0.2, 0.25) is 0 Å². The van der Waals surface area contributed by atoms with Crippen LogP contribution in [0, 0.1) is 6.92 Å². The van der Waals surface area contributed by atoms with E-state index in [1.54, 1.807) is 32.3 Å². The Labute approximate surface area is 112 Å². The number of allylic oxidation sites excluding steroid dienone is 1. The fourth-order valence-corrected chi connectivity index (χ4v) is 1.61. The molecule has 3 N–H and O–H groups in total. The van der Waals surface area contributed by atoms with Gasteiger partial charge in [-0.15, -0.1) is 0 Å². The zero-order chi connectivity index (χ0) is 13.8. The van der Waals surface area contributed by atoms with Crippen molar-refractivity contribution in [3.05, 3.63) is 34.7 Å². The Bertz CT molecular complexity index is 476. The lowest BCUT2D eigenvalue weighted by molar-refractivity contribution is 0.0906. The summed E-state index contributed by atoms with van der Waals surface area (Å²) in [6, 6.07) is 1.77. The predicted octanol–water partition coefficient (Wildman–Crippen LogP) is 2.18. The first-order valence-electron chi connectivity index (χ1n) is 5.60. The molecule has 0 spiro atoms. The smallest absolute Gasteiger partial charge is 0.129 e. The van der Waals surface area contributed by atoms with Crippen molar-refractivity contribution < 1.29 is 5.11 Å². The van der Waals surface area contributed by atoms with Gasteiger partial charge in [0, 0.05) is 29.7 Å². The highest BCUT2D eigenvalue weighted by Crippen LogP contribution is 2.18. The van der Waals surface area contributed by atoms with Gasteiger partial charge in [0.05, 0.1) is 12.1 Å². The third-order valence-electron chi connectivity index (χ3n) is 2.28. The van der Waals surface area contributed by atoms with E-state index in [1.807, 2.05) is 6.92 Å². The van der Waals surface area contributed by atoms with Crippen LogP contribution in [-0.2, 0) is 0 Å². The molecule has 0 atom stereocenters. The zero-order valence-electron chi connectivity index (χ0n) is 10.8. The number of aryl methyl sites for hydroxylation is 1. The maximum absolute atomic E-state index is 9.57. The number of aromatic nitrogens is 1. The van der Waals surface area contributed by atoms with Crippen LogP contribution in [-0.4, -0.2) is 28.5 Å². The van der Waals surface area contributed by atoms with Crippen LogP contribution in [0.1, 0.15) is 25.0 Å². The maximum Gasteiger partial charge on any atom is 0.129 e. The van der Waals surface area contributed by atoms with Crippen molar-refractivity contribution in [2.24, 2.45) is 10.7 Å². The molecule has 98 valence electrons. The first-order valence-corrected chi connectivity index (χ1v) is 5.98. The molecule has 0 aromatic carbocycles. The summed E-state index contributed by atoms with van der Waals surface area (Å²) in [5.74, 6) is 0. The van der Waals surface area contributed by atoms with E-state index in [0.29, 0.717) is 11.7 Å². The lowest BCUT2D eigenvalue weighted by Crippen LogP contribution is -2.22. The molecule has 18 heavy (non-hydrogen) atoms. The maximum atomic E-state index is 9.57. The summed E-state index contributed by atoms with van der Waals surface area (Å²) in [7, 11) is 0. The van der Waals surface area contributed by atoms with Crippen molar-refractivity contribution in [2.75, 3.05) is 6.54 Å². The van der Waals surface area contributed by atoms with Gasteiger partial charge in [-0.1, -0.05) is 11.6 Å². The van der Waals surface area contributed by atoms with Crippen molar-refractivity contribution in [2.45, 2.75) is 26.4 Å². The average Bonchev–Trinajstić information content (AvgIpc) is 2.24. The third kappa shape index (κ3) is 4.47. The van der Waals surface area contributed by atoms with E-state index in [9.17, 15) is 5.11 Å². The normalized spacial score (nSPS) is 13.3. The Morgan fingerprint density at radius 1 is 1.61 bits per heavy atom. The molecule has 0 saturated heterocycles. The van der Waals surface area contributed by atoms with E-state index in [-0.39, 0.29) is 0 Å². The van der Waals surface area contributed by atoms with E-state index in [0.717, 1.165) is 16.7 Å². The predicted molar refractivity (Wildman–Crippen MR) is 75.8 cm³/mol. The van der Waals surface area contributed by atoms with Crippen LogP contribution in [0.25, 0.3) is 5.57 Å². The monoisotopic (exact) mass is 267 g/mol. The number of hydrogen-bond acceptors (Lipinski definition) is 4. The summed E-state index contributed by atoms with van der Waals surface area (Å²) in [5.41, 5.74) is 7.36. The summed E-state index contributed by atoms with van der Waals surface area (Å²) < 4.78 is 0. The Morgan fingerprint density at radius 3 is 2.78 bits per heavy atom. The summed E-state index contributed by atoms with van der Waals surface area (Å²) in [4.78, 5) is 8.19. The Kier molecular flexibility index (Phi) is 4.87. The van der Waals surface area contributed by atoms with Crippen LogP contribution in [0.4, 0.5) is 0 Å². The fraction of sp³-hybridized carbons (Fsp3) is 0.385. The molecule has 0 aliphatic rings. The van der Waals surface area contributed by atoms with Gasteiger partial charge in [-0.2, -0.15) is 0 Å². The lowest BCUT2D eigenvalue weighted by atomic mass is 10.1. The Hall–Kier alpha value is -1.39. The Morgan fingerprint density at radius 2 is 2.28 bits per heavy atom. The quantitative estimate of drug-likeness (QED) is 0.649. The number of nitrogens with zero attached hydrogens (tertiary/aromatic N) is 2. The number of rotatable bonds is 4. The van der Waals surface area contributed by atoms with E-state index >= 15 is 0 Å². The molecule has 1 heterocycles. The minimum absolute atomic E-state index is 0.310.